The van der Waals surface area contributed by atoms with Crippen molar-refractivity contribution in [3.63, 3.8) is 0 Å². The third-order valence-electron chi connectivity index (χ3n) is 25.3. The number of allylic oxidation sites excluding steroid dienone is 7. The fourth-order valence-electron chi connectivity index (χ4n) is 18.4. The van der Waals surface area contributed by atoms with E-state index in [4.69, 9.17) is 6.58 Å². The van der Waals surface area contributed by atoms with Crippen LogP contribution in [0, 0.1) is 29.6 Å². The zero-order valence-electron chi connectivity index (χ0n) is 73.1. The normalized spacial score (nSPS) is 13.1. The lowest BCUT2D eigenvalue weighted by atomic mass is 9.62. The Kier molecular flexibility index (Phi) is 87.8. The van der Waals surface area contributed by atoms with Gasteiger partial charge in [-0.15, -0.1) is 39.5 Å². The van der Waals surface area contributed by atoms with E-state index in [0.29, 0.717) is 5.92 Å². The summed E-state index contributed by atoms with van der Waals surface area (Å²) in [7, 11) is 0. The molecule has 618 valence electrons. The molecule has 0 aliphatic carbocycles. The molecule has 0 fully saturated rings. The van der Waals surface area contributed by atoms with Gasteiger partial charge in [-0.05, 0) is 152 Å². The molecule has 0 N–H and O–H groups in total. The van der Waals surface area contributed by atoms with Gasteiger partial charge in [0.25, 0.3) is 0 Å². The molecule has 0 saturated carbocycles. The Morgan fingerprint density at radius 2 is 0.390 bits per heavy atom. The molecule has 0 rings (SSSR count). The van der Waals surface area contributed by atoms with Crippen molar-refractivity contribution in [2.45, 2.75) is 553 Å². The van der Waals surface area contributed by atoms with Gasteiger partial charge in [0.05, 0.1) is 0 Å². The van der Waals surface area contributed by atoms with Gasteiger partial charge in [-0.25, -0.2) is 0 Å². The molecule has 0 radical (unpaired) electrons. The lowest BCUT2D eigenvalue weighted by Crippen LogP contribution is -2.35. The molecule has 0 heteroatoms. The van der Waals surface area contributed by atoms with Crippen LogP contribution in [0.4, 0.5) is 0 Å². The summed E-state index contributed by atoms with van der Waals surface area (Å²) in [5.41, 5.74) is 3.09. The highest BCUT2D eigenvalue weighted by atomic mass is 14.4. The minimum Gasteiger partial charge on any atom is -0.103 e. The van der Waals surface area contributed by atoms with Crippen LogP contribution in [0.15, 0.2) is 87.6 Å². The fraction of sp³-hybridized carbons (Fsp3) is 0.867. The monoisotopic (exact) mass is 1460 g/mol. The van der Waals surface area contributed by atoms with Crippen molar-refractivity contribution in [1.82, 2.24) is 0 Å². The SMILES string of the molecule is C=CCCCCCCCCCCCCCC(=C)C(CCCCCCCCCCCCCC=C)C(CCCCCCCCCCCCCC=C)C(CCCCCCCCCCCCCC=C)C(CCCCCCCCCCCCCC=C)C(CCCCCCCC)CCCCCCCCCCCCC(=C)C. The van der Waals surface area contributed by atoms with Crippen molar-refractivity contribution in [3.05, 3.63) is 87.6 Å². The van der Waals surface area contributed by atoms with Crippen molar-refractivity contribution in [2.75, 3.05) is 0 Å². The smallest absolute Gasteiger partial charge is 0.0175 e. The van der Waals surface area contributed by atoms with Crippen LogP contribution in [0.2, 0.25) is 0 Å². The second kappa shape index (κ2) is 89.4. The van der Waals surface area contributed by atoms with Crippen LogP contribution in [0.5, 0.6) is 0 Å². The quantitative estimate of drug-likeness (QED) is 0.0421. The highest BCUT2D eigenvalue weighted by Crippen LogP contribution is 2.48. The first kappa shape index (κ1) is 103. The lowest BCUT2D eigenvalue weighted by molar-refractivity contribution is 0.0817. The summed E-state index contributed by atoms with van der Waals surface area (Å²) >= 11 is 0. The molecule has 0 heterocycles. The van der Waals surface area contributed by atoms with Crippen molar-refractivity contribution in [2.24, 2.45) is 29.6 Å². The molecular weight excluding hydrogens is 1260 g/mol. The van der Waals surface area contributed by atoms with Gasteiger partial charge in [0.1, 0.15) is 0 Å². The van der Waals surface area contributed by atoms with E-state index in [0.717, 1.165) is 23.7 Å². The third kappa shape index (κ3) is 76.0. The van der Waals surface area contributed by atoms with Crippen LogP contribution in [-0.2, 0) is 0 Å². The number of unbranched alkanes of at least 4 members (excludes halogenated alkanes) is 69. The summed E-state index contributed by atoms with van der Waals surface area (Å²) in [5.74, 6) is 4.14. The zero-order valence-corrected chi connectivity index (χ0v) is 73.1. The van der Waals surface area contributed by atoms with Crippen LogP contribution in [0.25, 0.3) is 0 Å². The fourth-order valence-corrected chi connectivity index (χ4v) is 18.4. The van der Waals surface area contributed by atoms with Crippen molar-refractivity contribution < 1.29 is 0 Å². The Morgan fingerprint density at radius 3 is 0.638 bits per heavy atom. The van der Waals surface area contributed by atoms with Crippen molar-refractivity contribution >= 4 is 0 Å². The van der Waals surface area contributed by atoms with Crippen LogP contribution in [0.3, 0.4) is 0 Å². The van der Waals surface area contributed by atoms with Crippen LogP contribution < -0.4 is 0 Å². The predicted octanol–water partition coefficient (Wildman–Crippen LogP) is 38.9. The van der Waals surface area contributed by atoms with E-state index < -0.39 is 0 Å². The Morgan fingerprint density at radius 1 is 0.200 bits per heavy atom. The average molecular weight is 1460 g/mol. The molecule has 0 spiro atoms. The van der Waals surface area contributed by atoms with Gasteiger partial charge in [-0.2, -0.15) is 0 Å². The van der Waals surface area contributed by atoms with Gasteiger partial charge >= 0.3 is 0 Å². The molecule has 5 unspecified atom stereocenters. The van der Waals surface area contributed by atoms with Crippen LogP contribution >= 0.6 is 0 Å². The van der Waals surface area contributed by atoms with E-state index in [1.54, 1.807) is 5.57 Å². The van der Waals surface area contributed by atoms with Gasteiger partial charge in [0.2, 0.25) is 0 Å². The summed E-state index contributed by atoms with van der Waals surface area (Å²) in [6, 6.07) is 0. The highest BCUT2D eigenvalue weighted by molar-refractivity contribution is 5.05. The molecule has 0 aromatic rings. The molecule has 105 heavy (non-hydrogen) atoms. The summed E-state index contributed by atoms with van der Waals surface area (Å²) in [5, 5.41) is 0. The van der Waals surface area contributed by atoms with E-state index >= 15 is 0 Å². The van der Waals surface area contributed by atoms with Crippen LogP contribution in [-0.4, -0.2) is 0 Å². The summed E-state index contributed by atoms with van der Waals surface area (Å²) in [6.45, 7) is 34.1. The maximum Gasteiger partial charge on any atom is -0.0175 e. The highest BCUT2D eigenvalue weighted by Gasteiger charge is 2.38. The van der Waals surface area contributed by atoms with E-state index in [2.05, 4.69) is 83.7 Å². The van der Waals surface area contributed by atoms with Crippen LogP contribution in [0.1, 0.15) is 553 Å². The van der Waals surface area contributed by atoms with Gasteiger partial charge in [-0.1, -0.05) is 479 Å². The molecule has 0 aliphatic rings. The van der Waals surface area contributed by atoms with Gasteiger partial charge in [0.15, 0.2) is 0 Å². The Hall–Kier alpha value is -1.82. The predicted molar refractivity (Wildman–Crippen MR) is 486 cm³/mol. The second-order valence-electron chi connectivity index (χ2n) is 35.3. The van der Waals surface area contributed by atoms with Gasteiger partial charge in [-0.3, -0.25) is 0 Å². The van der Waals surface area contributed by atoms with E-state index in [1.807, 2.05) is 0 Å². The Bertz CT molecular complexity index is 1740. The molecule has 0 aliphatic heterocycles. The molecule has 5 atom stereocenters. The first-order valence-electron chi connectivity index (χ1n) is 49.3. The zero-order chi connectivity index (χ0) is 76.0. The Balaban J connectivity index is 7.54. The maximum atomic E-state index is 5.44. The summed E-state index contributed by atoms with van der Waals surface area (Å²) < 4.78 is 0. The topological polar surface area (TPSA) is 0 Å². The molecule has 0 aromatic heterocycles. The maximum absolute atomic E-state index is 5.44. The van der Waals surface area contributed by atoms with Crippen molar-refractivity contribution in [1.29, 1.82) is 0 Å². The minimum absolute atomic E-state index is 0.705. The molecule has 0 bridgehead atoms. The first-order chi connectivity index (χ1) is 51.9. The van der Waals surface area contributed by atoms with Gasteiger partial charge < -0.3 is 0 Å². The van der Waals surface area contributed by atoms with E-state index in [-0.39, 0.29) is 0 Å². The molecule has 0 aromatic carbocycles. The van der Waals surface area contributed by atoms with Crippen molar-refractivity contribution in [3.8, 4) is 0 Å². The lowest BCUT2D eigenvalue weighted by Gasteiger charge is -2.43. The largest absolute Gasteiger partial charge is 0.103 e. The first-order valence-corrected chi connectivity index (χ1v) is 49.3. The number of hydrogen-bond donors (Lipinski definition) is 0. The second-order valence-corrected chi connectivity index (χ2v) is 35.3. The summed E-state index contributed by atoms with van der Waals surface area (Å²) in [6.07, 6.45) is 130. The molecule has 0 amide bonds. The third-order valence-corrected chi connectivity index (χ3v) is 25.3. The minimum atomic E-state index is 0.705. The number of hydrogen-bond acceptors (Lipinski definition) is 0. The van der Waals surface area contributed by atoms with E-state index in [1.165, 1.54) is 545 Å². The van der Waals surface area contributed by atoms with Gasteiger partial charge in [0, 0.05) is 0 Å². The average Bonchev–Trinajstić information content (AvgIpc) is 0.818. The Labute approximate surface area is 666 Å². The standard InChI is InChI=1S/C105H198/c1-10-16-22-28-34-39-44-49-54-62-69-76-84-92-100(9)102(95-87-79-71-64-55-50-45-40-35-29-23-17-11-2)104(97-89-81-73-66-57-52-47-42-37-31-25-19-13-4)105(98-90-82-74-67-58-53-48-43-38-32-26-20-14-5)103(96-88-80-72-65-56-51-46-41-36-30-24-18-12-3)101(93-85-77-33-27-21-15-6)94-86-78-70-63-60-59-61-68-75-83-91-99(7)8/h10-14,101-105H,1-5,7,9,15-98H2,6,8H3. The number of rotatable bonds is 95. The molecular formula is C105H198. The van der Waals surface area contributed by atoms with E-state index in [9.17, 15) is 0 Å². The molecule has 0 nitrogen and oxygen atoms in total. The molecule has 0 saturated heterocycles. The summed E-state index contributed by atoms with van der Waals surface area (Å²) in [4.78, 5) is 0.